The van der Waals surface area contributed by atoms with Crippen LogP contribution in [0.3, 0.4) is 0 Å². The van der Waals surface area contributed by atoms with Gasteiger partial charge in [-0.3, -0.25) is 4.68 Å². The van der Waals surface area contributed by atoms with Crippen molar-refractivity contribution in [2.75, 3.05) is 0 Å². The Morgan fingerprint density at radius 1 is 1.71 bits per heavy atom. The Morgan fingerprint density at radius 3 is 2.71 bits per heavy atom. The molecule has 1 heterocycles. The van der Waals surface area contributed by atoms with Gasteiger partial charge in [-0.25, -0.2) is 9.18 Å². The van der Waals surface area contributed by atoms with E-state index in [1.54, 1.807) is 7.05 Å². The molecule has 2 rings (SSSR count). The zero-order chi connectivity index (χ0) is 9.64. The van der Waals surface area contributed by atoms with Gasteiger partial charge in [-0.1, -0.05) is 0 Å². The monoisotopic (exact) mass is 224 g/mol. The quantitative estimate of drug-likeness (QED) is 0.741. The summed E-state index contributed by atoms with van der Waals surface area (Å²) in [5, 5.41) is 12.5. The van der Waals surface area contributed by atoms with Gasteiger partial charge in [-0.05, 0) is 12.8 Å². The first-order chi connectivity index (χ1) is 6.04. The van der Waals surface area contributed by atoms with E-state index in [1.807, 2.05) is 0 Å². The first kappa shape index (κ1) is 12.3. The van der Waals surface area contributed by atoms with E-state index in [0.717, 1.165) is 0 Å². The van der Waals surface area contributed by atoms with Crippen molar-refractivity contribution in [2.45, 2.75) is 18.5 Å². The Morgan fingerprint density at radius 2 is 2.29 bits per heavy atom. The van der Waals surface area contributed by atoms with Gasteiger partial charge in [-0.15, -0.1) is 0 Å². The van der Waals surface area contributed by atoms with E-state index < -0.39 is 11.6 Å². The Bertz CT molecular complexity index is 373. The summed E-state index contributed by atoms with van der Waals surface area (Å²) in [5.74, 6) is -1.12. The zero-order valence-electron chi connectivity index (χ0n) is 7.12. The molecule has 1 aliphatic carbocycles. The summed E-state index contributed by atoms with van der Waals surface area (Å²) < 4.78 is 14.9. The molecule has 0 saturated heterocycles. The van der Waals surface area contributed by atoms with Gasteiger partial charge in [0.1, 0.15) is 5.56 Å². The number of alkyl halides is 1. The van der Waals surface area contributed by atoms with E-state index in [4.69, 9.17) is 5.11 Å². The normalized spacial score (nSPS) is 17.3. The van der Waals surface area contributed by atoms with Crippen LogP contribution < -0.4 is 0 Å². The van der Waals surface area contributed by atoms with Crippen molar-refractivity contribution >= 4 is 57.4 Å². The standard InChI is InChI=1S/C8H9FN2O2.K.H/c1-11-6(8(9)2-3-8)5(4-10-11)7(12)13;;/h4H,2-3H2,1H3,(H,12,13);;. The molecule has 1 aromatic rings. The number of aryl methyl sites for hydroxylation is 1. The topological polar surface area (TPSA) is 55.1 Å². The van der Waals surface area contributed by atoms with Gasteiger partial charge in [0, 0.05) is 7.05 Å². The molecule has 1 N–H and O–H groups in total. The third kappa shape index (κ3) is 1.94. The number of carboxylic acids is 1. The summed E-state index contributed by atoms with van der Waals surface area (Å²) in [7, 11) is 1.56. The molecule has 4 nitrogen and oxygen atoms in total. The molecule has 1 saturated carbocycles. The second-order valence-corrected chi connectivity index (χ2v) is 3.30. The molecule has 0 aliphatic heterocycles. The molecule has 1 aliphatic rings. The van der Waals surface area contributed by atoms with Crippen LogP contribution in [0, 0.1) is 0 Å². The van der Waals surface area contributed by atoms with Gasteiger partial charge >= 0.3 is 57.4 Å². The van der Waals surface area contributed by atoms with E-state index >= 15 is 0 Å². The van der Waals surface area contributed by atoms with Gasteiger partial charge in [0.25, 0.3) is 0 Å². The van der Waals surface area contributed by atoms with Gasteiger partial charge in [0.2, 0.25) is 0 Å². The Labute approximate surface area is 123 Å². The Kier molecular flexibility index (Phi) is 3.53. The molecule has 1 aromatic heterocycles. The van der Waals surface area contributed by atoms with E-state index in [9.17, 15) is 9.18 Å². The van der Waals surface area contributed by atoms with E-state index in [1.165, 1.54) is 10.9 Å². The van der Waals surface area contributed by atoms with Crippen LogP contribution >= 0.6 is 0 Å². The van der Waals surface area contributed by atoms with Gasteiger partial charge < -0.3 is 5.11 Å². The molecule has 0 amide bonds. The number of hydrogen-bond acceptors (Lipinski definition) is 2. The molecule has 0 radical (unpaired) electrons. The number of rotatable bonds is 2. The molecule has 14 heavy (non-hydrogen) atoms. The summed E-state index contributed by atoms with van der Waals surface area (Å²) in [5.41, 5.74) is -1.28. The molecule has 6 heteroatoms. The first-order valence-corrected chi connectivity index (χ1v) is 3.99. The predicted octanol–water partition coefficient (Wildman–Crippen LogP) is 0.428. The fraction of sp³-hybridized carbons (Fsp3) is 0.500. The summed E-state index contributed by atoms with van der Waals surface area (Å²) >= 11 is 0. The van der Waals surface area contributed by atoms with Crippen molar-refractivity contribution in [3.63, 3.8) is 0 Å². The fourth-order valence-corrected chi connectivity index (χ4v) is 1.47. The first-order valence-electron chi connectivity index (χ1n) is 3.99. The van der Waals surface area contributed by atoms with Crippen LogP contribution in [-0.2, 0) is 12.7 Å². The summed E-state index contributed by atoms with van der Waals surface area (Å²) in [6.07, 6.45) is 1.98. The molecule has 0 atom stereocenters. The average molecular weight is 224 g/mol. The van der Waals surface area contributed by atoms with Crippen LogP contribution in [0.2, 0.25) is 0 Å². The van der Waals surface area contributed by atoms with E-state index in [2.05, 4.69) is 5.10 Å². The minimum atomic E-state index is -1.45. The SMILES string of the molecule is Cn1ncc(C(=O)O)c1C1(F)CC1.[KH]. The molecular weight excluding hydrogens is 214 g/mol. The van der Waals surface area contributed by atoms with Gasteiger partial charge in [0.15, 0.2) is 5.67 Å². The van der Waals surface area contributed by atoms with Crippen molar-refractivity contribution in [1.82, 2.24) is 9.78 Å². The van der Waals surface area contributed by atoms with Crippen LogP contribution in [0.5, 0.6) is 0 Å². The van der Waals surface area contributed by atoms with E-state index in [-0.39, 0.29) is 62.6 Å². The predicted molar refractivity (Wildman–Crippen MR) is 49.3 cm³/mol. The minimum absolute atomic E-state index is 0. The number of aromatic carboxylic acids is 1. The number of nitrogens with zero attached hydrogens (tertiary/aromatic N) is 2. The van der Waals surface area contributed by atoms with Crippen molar-refractivity contribution in [3.05, 3.63) is 17.5 Å². The van der Waals surface area contributed by atoms with Crippen molar-refractivity contribution in [2.24, 2.45) is 7.05 Å². The Balaban J connectivity index is 0.000000980. The number of halogens is 1. The van der Waals surface area contributed by atoms with Crippen molar-refractivity contribution in [3.8, 4) is 0 Å². The average Bonchev–Trinajstić information content (AvgIpc) is 2.62. The molecule has 72 valence electrons. The van der Waals surface area contributed by atoms with Gasteiger partial charge in [-0.2, -0.15) is 5.10 Å². The maximum absolute atomic E-state index is 13.6. The van der Waals surface area contributed by atoms with Crippen LogP contribution in [0.15, 0.2) is 6.20 Å². The van der Waals surface area contributed by atoms with Crippen molar-refractivity contribution < 1.29 is 14.3 Å². The number of carbonyl (C=O) groups is 1. The number of aromatic nitrogens is 2. The van der Waals surface area contributed by atoms with Crippen LogP contribution in [-0.4, -0.2) is 72.2 Å². The third-order valence-electron chi connectivity index (χ3n) is 2.28. The van der Waals surface area contributed by atoms with Crippen LogP contribution in [0.1, 0.15) is 28.9 Å². The summed E-state index contributed by atoms with van der Waals surface area (Å²) in [6.45, 7) is 0. The Hall–Kier alpha value is 0.246. The van der Waals surface area contributed by atoms with Gasteiger partial charge in [0.05, 0.1) is 11.9 Å². The number of carboxylic acid groups (broad SMARTS) is 1. The zero-order valence-corrected chi connectivity index (χ0v) is 7.12. The molecule has 1 fully saturated rings. The summed E-state index contributed by atoms with van der Waals surface area (Å²) in [4.78, 5) is 10.7. The molecular formula is C8H10FKN2O2. The fourth-order valence-electron chi connectivity index (χ4n) is 1.47. The second kappa shape index (κ2) is 4.01. The second-order valence-electron chi connectivity index (χ2n) is 3.30. The van der Waals surface area contributed by atoms with Crippen LogP contribution in [0.4, 0.5) is 4.39 Å². The van der Waals surface area contributed by atoms with E-state index in [0.29, 0.717) is 12.8 Å². The molecule has 0 unspecified atom stereocenters. The third-order valence-corrected chi connectivity index (χ3v) is 2.28. The van der Waals surface area contributed by atoms with Crippen molar-refractivity contribution in [1.29, 1.82) is 0 Å². The number of hydrogen-bond donors (Lipinski definition) is 1. The molecule has 0 spiro atoms. The summed E-state index contributed by atoms with van der Waals surface area (Å²) in [6, 6.07) is 0. The van der Waals surface area contributed by atoms with Crippen LogP contribution in [0.25, 0.3) is 0 Å². The maximum atomic E-state index is 13.6. The molecule has 0 bridgehead atoms. The molecule has 0 aromatic carbocycles.